The normalized spacial score (nSPS) is 16.3. The van der Waals surface area contributed by atoms with Crippen molar-refractivity contribution in [2.24, 2.45) is 0 Å². The molecule has 0 saturated carbocycles. The van der Waals surface area contributed by atoms with Crippen molar-refractivity contribution in [2.45, 2.75) is 39.0 Å². The van der Waals surface area contributed by atoms with Crippen LogP contribution in [0.2, 0.25) is 5.02 Å². The summed E-state index contributed by atoms with van der Waals surface area (Å²) in [6.07, 6.45) is 3.15. The van der Waals surface area contributed by atoms with E-state index in [2.05, 4.69) is 0 Å². The first-order valence-electron chi connectivity index (χ1n) is 9.17. The average molecular weight is 422 g/mol. The van der Waals surface area contributed by atoms with Crippen LogP contribution in [0.4, 0.5) is 5.69 Å². The molecule has 1 heterocycles. The van der Waals surface area contributed by atoms with Gasteiger partial charge in [-0.25, -0.2) is 4.90 Å². The van der Waals surface area contributed by atoms with E-state index >= 15 is 0 Å². The number of imide groups is 1. The van der Waals surface area contributed by atoms with Gasteiger partial charge in [0.05, 0.1) is 30.3 Å². The molecule has 2 amide bonds. The largest absolute Gasteiger partial charge is 0.482 e. The van der Waals surface area contributed by atoms with Crippen LogP contribution in [0.5, 0.6) is 0 Å². The van der Waals surface area contributed by atoms with Crippen LogP contribution in [0.1, 0.15) is 44.6 Å². The van der Waals surface area contributed by atoms with Crippen LogP contribution in [0, 0.1) is 0 Å². The molecule has 0 aromatic heterocycles. The quantitative estimate of drug-likeness (QED) is 0.396. The van der Waals surface area contributed by atoms with Gasteiger partial charge in [0.1, 0.15) is 0 Å². The van der Waals surface area contributed by atoms with Gasteiger partial charge < -0.3 is 9.47 Å². The summed E-state index contributed by atoms with van der Waals surface area (Å²) >= 11 is 11.5. The second-order valence-corrected chi connectivity index (χ2v) is 7.24. The molecule has 0 fully saturated rings. The van der Waals surface area contributed by atoms with Gasteiger partial charge in [0, 0.05) is 16.7 Å². The highest BCUT2D eigenvalue weighted by Gasteiger charge is 2.39. The maximum absolute atomic E-state index is 12.7. The molecular formula is C20H20ClNO5S. The summed E-state index contributed by atoms with van der Waals surface area (Å²) in [6, 6.07) is 4.76. The molecule has 1 aromatic carbocycles. The van der Waals surface area contributed by atoms with Crippen molar-refractivity contribution in [3.8, 4) is 0 Å². The highest BCUT2D eigenvalue weighted by atomic mass is 35.5. The van der Waals surface area contributed by atoms with Gasteiger partial charge in [0.15, 0.2) is 5.05 Å². The Morgan fingerprint density at radius 2 is 1.79 bits per heavy atom. The minimum atomic E-state index is -0.380. The van der Waals surface area contributed by atoms with Crippen molar-refractivity contribution < 1.29 is 23.9 Å². The van der Waals surface area contributed by atoms with Gasteiger partial charge >= 0.3 is 5.97 Å². The number of anilines is 1. The SMILES string of the molecule is CCOC(=O)CCOC(=S)c1cc(N2C(=O)C3=C(CCCC3)C2=O)ccc1Cl. The van der Waals surface area contributed by atoms with Gasteiger partial charge in [-0.1, -0.05) is 11.6 Å². The summed E-state index contributed by atoms with van der Waals surface area (Å²) in [7, 11) is 0. The third kappa shape index (κ3) is 4.10. The summed E-state index contributed by atoms with van der Waals surface area (Å²) in [4.78, 5) is 38.0. The zero-order valence-corrected chi connectivity index (χ0v) is 17.0. The number of thiocarbonyl (C=S) groups is 1. The van der Waals surface area contributed by atoms with Crippen molar-refractivity contribution >= 4 is 52.3 Å². The minimum absolute atomic E-state index is 0.0512. The van der Waals surface area contributed by atoms with Crippen molar-refractivity contribution in [2.75, 3.05) is 18.1 Å². The van der Waals surface area contributed by atoms with Gasteiger partial charge in [0.25, 0.3) is 11.8 Å². The fourth-order valence-corrected chi connectivity index (χ4v) is 3.83. The third-order valence-corrected chi connectivity index (χ3v) is 5.33. The van der Waals surface area contributed by atoms with Crippen LogP contribution in [-0.4, -0.2) is 36.0 Å². The van der Waals surface area contributed by atoms with E-state index in [4.69, 9.17) is 33.3 Å². The number of benzene rings is 1. The standard InChI is InChI=1S/C20H20ClNO5S/c1-2-26-17(23)9-10-27-20(28)15-11-12(7-8-16(15)21)22-18(24)13-5-3-4-6-14(13)19(22)25/h7-8,11H,2-6,9-10H2,1H3. The van der Waals surface area contributed by atoms with Gasteiger partial charge in [-0.05, 0) is 63.0 Å². The molecule has 0 bridgehead atoms. The molecule has 3 rings (SSSR count). The minimum Gasteiger partial charge on any atom is -0.482 e. The van der Waals surface area contributed by atoms with E-state index in [1.54, 1.807) is 25.1 Å². The van der Waals surface area contributed by atoms with Gasteiger partial charge in [-0.3, -0.25) is 14.4 Å². The Morgan fingerprint density at radius 1 is 1.14 bits per heavy atom. The Bertz CT molecular complexity index is 851. The Morgan fingerprint density at radius 3 is 2.39 bits per heavy atom. The summed E-state index contributed by atoms with van der Waals surface area (Å²) in [5.74, 6) is -0.931. The average Bonchev–Trinajstić information content (AvgIpc) is 2.93. The van der Waals surface area contributed by atoms with Crippen molar-refractivity contribution in [1.29, 1.82) is 0 Å². The Balaban J connectivity index is 1.75. The number of carbonyl (C=O) groups excluding carboxylic acids is 3. The Kier molecular flexibility index (Phi) is 6.46. The molecule has 2 aliphatic rings. The maximum Gasteiger partial charge on any atom is 0.309 e. The number of carbonyl (C=O) groups is 3. The number of ether oxygens (including phenoxy) is 2. The van der Waals surface area contributed by atoms with Crippen LogP contribution >= 0.6 is 23.8 Å². The second kappa shape index (κ2) is 8.84. The van der Waals surface area contributed by atoms with Gasteiger partial charge in [-0.15, -0.1) is 0 Å². The number of rotatable bonds is 6. The lowest BCUT2D eigenvalue weighted by atomic mass is 9.93. The van der Waals surface area contributed by atoms with Gasteiger partial charge in [-0.2, -0.15) is 0 Å². The topological polar surface area (TPSA) is 72.9 Å². The molecule has 0 atom stereocenters. The van der Waals surface area contributed by atoms with E-state index in [1.165, 1.54) is 4.90 Å². The molecule has 8 heteroatoms. The predicted molar refractivity (Wildman–Crippen MR) is 108 cm³/mol. The number of hydrogen-bond donors (Lipinski definition) is 0. The van der Waals surface area contributed by atoms with E-state index < -0.39 is 0 Å². The first kappa shape index (κ1) is 20.5. The van der Waals surface area contributed by atoms with Crippen LogP contribution in [-0.2, 0) is 23.9 Å². The monoisotopic (exact) mass is 421 g/mol. The Hall–Kier alpha value is -2.25. The lowest BCUT2D eigenvalue weighted by molar-refractivity contribution is -0.143. The molecule has 0 N–H and O–H groups in total. The number of nitrogens with zero attached hydrogens (tertiary/aromatic N) is 1. The molecule has 6 nitrogen and oxygen atoms in total. The molecule has 0 saturated heterocycles. The molecule has 28 heavy (non-hydrogen) atoms. The first-order chi connectivity index (χ1) is 13.4. The van der Waals surface area contributed by atoms with Crippen LogP contribution in [0.25, 0.3) is 0 Å². The van der Waals surface area contributed by atoms with Crippen molar-refractivity contribution in [1.82, 2.24) is 0 Å². The number of halogens is 1. The van der Waals surface area contributed by atoms with E-state index in [0.717, 1.165) is 12.8 Å². The molecule has 0 radical (unpaired) electrons. The summed E-state index contributed by atoms with van der Waals surface area (Å²) in [6.45, 7) is 2.07. The van der Waals surface area contributed by atoms with Crippen LogP contribution in [0.3, 0.4) is 0 Å². The second-order valence-electron chi connectivity index (χ2n) is 6.47. The van der Waals surface area contributed by atoms with E-state index in [-0.39, 0.29) is 35.9 Å². The van der Waals surface area contributed by atoms with Crippen molar-refractivity contribution in [3.05, 3.63) is 39.9 Å². The zero-order chi connectivity index (χ0) is 20.3. The molecule has 1 aliphatic carbocycles. The molecule has 1 aromatic rings. The first-order valence-corrected chi connectivity index (χ1v) is 9.95. The highest BCUT2D eigenvalue weighted by Crippen LogP contribution is 2.36. The number of esters is 1. The number of amides is 2. The molecule has 0 spiro atoms. The molecule has 0 unspecified atom stereocenters. The number of hydrogen-bond acceptors (Lipinski definition) is 6. The van der Waals surface area contributed by atoms with Crippen LogP contribution in [0.15, 0.2) is 29.3 Å². The van der Waals surface area contributed by atoms with Gasteiger partial charge in [0.2, 0.25) is 0 Å². The van der Waals surface area contributed by atoms with Crippen LogP contribution < -0.4 is 4.90 Å². The fraction of sp³-hybridized carbons (Fsp3) is 0.400. The highest BCUT2D eigenvalue weighted by molar-refractivity contribution is 7.80. The van der Waals surface area contributed by atoms with E-state index in [9.17, 15) is 14.4 Å². The fourth-order valence-electron chi connectivity index (χ4n) is 3.32. The lowest BCUT2D eigenvalue weighted by Crippen LogP contribution is -2.31. The summed E-state index contributed by atoms with van der Waals surface area (Å²) in [5, 5.41) is 0.426. The summed E-state index contributed by atoms with van der Waals surface area (Å²) in [5.41, 5.74) is 2.02. The van der Waals surface area contributed by atoms with E-state index in [0.29, 0.717) is 46.9 Å². The Labute approximate surface area is 173 Å². The summed E-state index contributed by atoms with van der Waals surface area (Å²) < 4.78 is 10.3. The third-order valence-electron chi connectivity index (χ3n) is 4.66. The van der Waals surface area contributed by atoms with Crippen molar-refractivity contribution in [3.63, 3.8) is 0 Å². The molecular weight excluding hydrogens is 402 g/mol. The smallest absolute Gasteiger partial charge is 0.309 e. The lowest BCUT2D eigenvalue weighted by Gasteiger charge is -2.17. The maximum atomic E-state index is 12.7. The zero-order valence-electron chi connectivity index (χ0n) is 15.5. The molecule has 1 aliphatic heterocycles. The predicted octanol–water partition coefficient (Wildman–Crippen LogP) is 3.73. The van der Waals surface area contributed by atoms with E-state index in [1.807, 2.05) is 0 Å². The molecule has 148 valence electrons.